The van der Waals surface area contributed by atoms with E-state index in [4.69, 9.17) is 0 Å². The third-order valence-corrected chi connectivity index (χ3v) is 5.84. The van der Waals surface area contributed by atoms with E-state index in [0.29, 0.717) is 19.5 Å². The van der Waals surface area contributed by atoms with Crippen LogP contribution in [0.1, 0.15) is 29.7 Å². The Morgan fingerprint density at radius 2 is 2.04 bits per heavy atom. The van der Waals surface area contributed by atoms with E-state index >= 15 is 0 Å². The lowest BCUT2D eigenvalue weighted by Gasteiger charge is -2.40. The molecule has 0 unspecified atom stereocenters. The second-order valence-electron chi connectivity index (χ2n) is 7.27. The third-order valence-electron chi connectivity index (χ3n) is 4.98. The van der Waals surface area contributed by atoms with Crippen molar-refractivity contribution in [2.75, 3.05) is 26.7 Å². The summed E-state index contributed by atoms with van der Waals surface area (Å²) in [7, 11) is 1.97. The Balaban J connectivity index is 1.52. The molecule has 26 heavy (non-hydrogen) atoms. The van der Waals surface area contributed by atoms with Crippen molar-refractivity contribution in [3.05, 3.63) is 58.3 Å². The Bertz CT molecular complexity index is 689. The van der Waals surface area contributed by atoms with Gasteiger partial charge in [0.15, 0.2) is 5.60 Å². The lowest BCUT2D eigenvalue weighted by atomic mass is 9.91. The molecule has 0 bridgehead atoms. The lowest BCUT2D eigenvalue weighted by Crippen LogP contribution is -2.58. The number of carbonyl (C=O) groups excluding carboxylic acids is 1. The SMILES string of the molecule is CN(Cc1cccs1)C[C@@]1(O)CCCN(CCCc2ccccc2)C1=O. The number of rotatable bonds is 8. The largest absolute Gasteiger partial charge is 0.379 e. The zero-order valence-electron chi connectivity index (χ0n) is 15.4. The highest BCUT2D eigenvalue weighted by Crippen LogP contribution is 2.25. The Labute approximate surface area is 160 Å². The standard InChI is InChI=1S/C21H28N2O2S/c1-22(16-19-11-6-15-26-19)17-21(25)12-7-14-23(20(21)24)13-5-10-18-8-3-2-4-9-18/h2-4,6,8-9,11,15,25H,5,7,10,12-14,16-17H2,1H3/t21-/m0/s1. The van der Waals surface area contributed by atoms with E-state index in [1.807, 2.05) is 36.2 Å². The van der Waals surface area contributed by atoms with Crippen LogP contribution in [0.5, 0.6) is 0 Å². The van der Waals surface area contributed by atoms with Crippen LogP contribution in [0.3, 0.4) is 0 Å². The maximum Gasteiger partial charge on any atom is 0.255 e. The molecule has 1 amide bonds. The van der Waals surface area contributed by atoms with Crippen LogP contribution >= 0.6 is 11.3 Å². The zero-order chi connectivity index (χ0) is 18.4. The summed E-state index contributed by atoms with van der Waals surface area (Å²) in [6, 6.07) is 14.5. The molecular weight excluding hydrogens is 344 g/mol. The van der Waals surface area contributed by atoms with E-state index in [2.05, 4.69) is 28.5 Å². The Kier molecular flexibility index (Phi) is 6.46. The van der Waals surface area contributed by atoms with Gasteiger partial charge in [-0.25, -0.2) is 0 Å². The van der Waals surface area contributed by atoms with Gasteiger partial charge in [-0.3, -0.25) is 9.69 Å². The van der Waals surface area contributed by atoms with Crippen LogP contribution in [0.4, 0.5) is 0 Å². The molecule has 3 rings (SSSR count). The fraction of sp³-hybridized carbons (Fsp3) is 0.476. The summed E-state index contributed by atoms with van der Waals surface area (Å²) in [5, 5.41) is 13.0. The molecule has 0 spiro atoms. The summed E-state index contributed by atoms with van der Waals surface area (Å²) >= 11 is 1.70. The minimum atomic E-state index is -1.25. The number of nitrogens with zero attached hydrogens (tertiary/aromatic N) is 2. The van der Waals surface area contributed by atoms with Crippen molar-refractivity contribution in [2.24, 2.45) is 0 Å². The van der Waals surface area contributed by atoms with Gasteiger partial charge >= 0.3 is 0 Å². The molecule has 1 N–H and O–H groups in total. The first kappa shape index (κ1) is 19.1. The highest BCUT2D eigenvalue weighted by molar-refractivity contribution is 7.09. The van der Waals surface area contributed by atoms with Crippen molar-refractivity contribution in [3.8, 4) is 0 Å². The molecule has 1 aromatic heterocycles. The van der Waals surface area contributed by atoms with E-state index in [1.54, 1.807) is 11.3 Å². The molecular formula is C21H28N2O2S. The molecule has 1 aromatic carbocycles. The molecule has 1 atom stereocenters. The van der Waals surface area contributed by atoms with E-state index in [-0.39, 0.29) is 5.91 Å². The van der Waals surface area contributed by atoms with E-state index in [9.17, 15) is 9.90 Å². The molecule has 0 aliphatic carbocycles. The van der Waals surface area contributed by atoms with Gasteiger partial charge in [-0.1, -0.05) is 36.4 Å². The van der Waals surface area contributed by atoms with Crippen LogP contribution in [0, 0.1) is 0 Å². The van der Waals surface area contributed by atoms with Crippen LogP contribution in [0.2, 0.25) is 0 Å². The Morgan fingerprint density at radius 3 is 2.77 bits per heavy atom. The van der Waals surface area contributed by atoms with E-state index in [1.165, 1.54) is 10.4 Å². The maximum absolute atomic E-state index is 12.9. The van der Waals surface area contributed by atoms with Gasteiger partial charge in [0.1, 0.15) is 0 Å². The molecule has 1 saturated heterocycles. The number of piperidine rings is 1. The van der Waals surface area contributed by atoms with Crippen LogP contribution in [-0.4, -0.2) is 53.1 Å². The van der Waals surface area contributed by atoms with Crippen molar-refractivity contribution in [2.45, 2.75) is 37.8 Å². The number of hydrogen-bond donors (Lipinski definition) is 1. The van der Waals surface area contributed by atoms with Crippen LogP contribution in [0.25, 0.3) is 0 Å². The van der Waals surface area contributed by atoms with E-state index in [0.717, 1.165) is 32.4 Å². The smallest absolute Gasteiger partial charge is 0.255 e. The van der Waals surface area contributed by atoms with Gasteiger partial charge in [-0.2, -0.15) is 0 Å². The number of aliphatic hydroxyl groups is 1. The molecule has 2 aromatic rings. The Hall–Kier alpha value is -1.69. The lowest BCUT2D eigenvalue weighted by molar-refractivity contribution is -0.159. The molecule has 1 fully saturated rings. The van der Waals surface area contributed by atoms with Gasteiger partial charge in [-0.05, 0) is 49.7 Å². The van der Waals surface area contributed by atoms with Gasteiger partial charge in [0.25, 0.3) is 5.91 Å². The summed E-state index contributed by atoms with van der Waals surface area (Å²) in [6.07, 6.45) is 3.30. The molecule has 2 heterocycles. The highest BCUT2D eigenvalue weighted by Gasteiger charge is 2.42. The van der Waals surface area contributed by atoms with Crippen molar-refractivity contribution < 1.29 is 9.90 Å². The number of amides is 1. The normalized spacial score (nSPS) is 20.7. The summed E-state index contributed by atoms with van der Waals surface area (Å²) in [5.74, 6) is -0.102. The van der Waals surface area contributed by atoms with Crippen LogP contribution in [-0.2, 0) is 17.8 Å². The monoisotopic (exact) mass is 372 g/mol. The van der Waals surface area contributed by atoms with Crippen molar-refractivity contribution in [1.82, 2.24) is 9.80 Å². The minimum Gasteiger partial charge on any atom is -0.379 e. The molecule has 0 radical (unpaired) electrons. The molecule has 4 nitrogen and oxygen atoms in total. The second-order valence-corrected chi connectivity index (χ2v) is 8.30. The van der Waals surface area contributed by atoms with Crippen LogP contribution < -0.4 is 0 Å². The summed E-state index contributed by atoms with van der Waals surface area (Å²) in [5.41, 5.74) is 0.0414. The van der Waals surface area contributed by atoms with Crippen molar-refractivity contribution in [1.29, 1.82) is 0 Å². The van der Waals surface area contributed by atoms with E-state index < -0.39 is 5.60 Å². The zero-order valence-corrected chi connectivity index (χ0v) is 16.3. The van der Waals surface area contributed by atoms with Gasteiger partial charge in [0.05, 0.1) is 0 Å². The molecule has 140 valence electrons. The highest BCUT2D eigenvalue weighted by atomic mass is 32.1. The summed E-state index contributed by atoms with van der Waals surface area (Å²) < 4.78 is 0. The van der Waals surface area contributed by atoms with Gasteiger partial charge in [0.2, 0.25) is 0 Å². The second kappa shape index (κ2) is 8.80. The predicted molar refractivity (Wildman–Crippen MR) is 106 cm³/mol. The first-order valence-corrected chi connectivity index (χ1v) is 10.2. The summed E-state index contributed by atoms with van der Waals surface area (Å²) in [6.45, 7) is 2.62. The predicted octanol–water partition coefficient (Wildman–Crippen LogP) is 3.17. The third kappa shape index (κ3) is 4.93. The molecule has 1 aliphatic heterocycles. The average Bonchev–Trinajstić information content (AvgIpc) is 3.12. The topological polar surface area (TPSA) is 43.8 Å². The number of likely N-dealkylation sites (tertiary alicyclic amines) is 1. The van der Waals surface area contributed by atoms with Crippen molar-refractivity contribution >= 4 is 17.2 Å². The number of likely N-dealkylation sites (N-methyl/N-ethyl adjacent to an activating group) is 1. The maximum atomic E-state index is 12.9. The minimum absolute atomic E-state index is 0.102. The molecule has 0 saturated carbocycles. The quantitative estimate of drug-likeness (QED) is 0.774. The first-order valence-electron chi connectivity index (χ1n) is 9.33. The molecule has 5 heteroatoms. The van der Waals surface area contributed by atoms with Gasteiger partial charge in [-0.15, -0.1) is 11.3 Å². The van der Waals surface area contributed by atoms with Crippen LogP contribution in [0.15, 0.2) is 47.8 Å². The number of hydrogen-bond acceptors (Lipinski definition) is 4. The fourth-order valence-corrected chi connectivity index (χ4v) is 4.50. The number of aryl methyl sites for hydroxylation is 1. The molecule has 1 aliphatic rings. The van der Waals surface area contributed by atoms with Gasteiger partial charge in [0, 0.05) is 31.1 Å². The van der Waals surface area contributed by atoms with Gasteiger partial charge < -0.3 is 10.0 Å². The summed E-state index contributed by atoms with van der Waals surface area (Å²) in [4.78, 5) is 18.0. The average molecular weight is 373 g/mol. The number of benzene rings is 1. The fourth-order valence-electron chi connectivity index (χ4n) is 3.71. The van der Waals surface area contributed by atoms with Crippen molar-refractivity contribution in [3.63, 3.8) is 0 Å². The first-order chi connectivity index (χ1) is 12.6. The number of thiophene rings is 1. The number of carbonyl (C=O) groups is 1. The Morgan fingerprint density at radius 1 is 1.23 bits per heavy atom.